The van der Waals surface area contributed by atoms with Gasteiger partial charge in [0, 0.05) is 12.6 Å². The summed E-state index contributed by atoms with van der Waals surface area (Å²) in [5.41, 5.74) is 2.71. The molecule has 0 saturated carbocycles. The van der Waals surface area contributed by atoms with E-state index in [1.54, 1.807) is 42.2 Å². The van der Waals surface area contributed by atoms with Gasteiger partial charge in [-0.15, -0.1) is 11.3 Å². The Morgan fingerprint density at radius 2 is 1.96 bits per heavy atom. The van der Waals surface area contributed by atoms with Gasteiger partial charge in [-0.25, -0.2) is 9.37 Å². The Morgan fingerprint density at radius 1 is 1.30 bits per heavy atom. The van der Waals surface area contributed by atoms with Crippen molar-refractivity contribution < 1.29 is 9.18 Å². The third kappa shape index (κ3) is 2.90. The number of nitrogens with zero attached hydrogens (tertiary/aromatic N) is 2. The van der Waals surface area contributed by atoms with Crippen LogP contribution in [0.3, 0.4) is 0 Å². The fourth-order valence-corrected chi connectivity index (χ4v) is 4.46. The lowest BCUT2D eigenvalue weighted by Gasteiger charge is -2.31. The highest BCUT2D eigenvalue weighted by Gasteiger charge is 2.30. The number of amides is 1. The van der Waals surface area contributed by atoms with E-state index in [1.807, 2.05) is 14.0 Å². The largest absolute Gasteiger partial charge is 0.334 e. The lowest BCUT2D eigenvalue weighted by Crippen LogP contribution is -2.33. The Balaban J connectivity index is 1.92. The van der Waals surface area contributed by atoms with Gasteiger partial charge in [-0.05, 0) is 63.3 Å². The van der Waals surface area contributed by atoms with E-state index in [1.165, 1.54) is 4.88 Å². The number of carbonyl (C=O) groups is 1. The van der Waals surface area contributed by atoms with Crippen molar-refractivity contribution in [3.63, 3.8) is 0 Å². The first kappa shape index (κ1) is 16.1. The minimum Gasteiger partial charge on any atom is -0.334 e. The van der Waals surface area contributed by atoms with Gasteiger partial charge in [-0.1, -0.05) is 0 Å². The number of carbonyl (C=O) groups excluding carboxylic acids is 1. The number of aryl methyl sites for hydroxylation is 4. The molecule has 0 fully saturated rings. The molecule has 0 aliphatic heterocycles. The van der Waals surface area contributed by atoms with E-state index in [0.29, 0.717) is 16.7 Å². The second-order valence-electron chi connectivity index (χ2n) is 6.29. The fourth-order valence-electron chi connectivity index (χ4n) is 3.30. The summed E-state index contributed by atoms with van der Waals surface area (Å²) >= 11 is 1.68. The number of hydrogen-bond acceptors (Lipinski definition) is 3. The van der Waals surface area contributed by atoms with E-state index in [9.17, 15) is 9.18 Å². The molecular formula is C18H21FN2OS. The molecule has 1 aliphatic rings. The van der Waals surface area contributed by atoms with E-state index >= 15 is 0 Å². The first-order valence-electron chi connectivity index (χ1n) is 7.88. The van der Waals surface area contributed by atoms with Crippen LogP contribution in [-0.2, 0) is 6.42 Å². The van der Waals surface area contributed by atoms with Gasteiger partial charge in [0.05, 0.1) is 21.6 Å². The number of halogens is 1. The van der Waals surface area contributed by atoms with Gasteiger partial charge >= 0.3 is 0 Å². The van der Waals surface area contributed by atoms with Crippen LogP contribution < -0.4 is 0 Å². The van der Waals surface area contributed by atoms with E-state index in [-0.39, 0.29) is 17.8 Å². The summed E-state index contributed by atoms with van der Waals surface area (Å²) in [7, 11) is 1.84. The average Bonchev–Trinajstić information content (AvgIpc) is 2.90. The summed E-state index contributed by atoms with van der Waals surface area (Å²) < 4.78 is 13.8. The highest BCUT2D eigenvalue weighted by molar-refractivity contribution is 7.11. The highest BCUT2D eigenvalue weighted by Crippen LogP contribution is 2.37. The molecule has 5 heteroatoms. The van der Waals surface area contributed by atoms with Crippen LogP contribution in [0.4, 0.5) is 4.39 Å². The van der Waals surface area contributed by atoms with Gasteiger partial charge in [-0.2, -0.15) is 0 Å². The quantitative estimate of drug-likeness (QED) is 0.819. The van der Waals surface area contributed by atoms with E-state index in [2.05, 4.69) is 4.98 Å². The topological polar surface area (TPSA) is 33.2 Å². The summed E-state index contributed by atoms with van der Waals surface area (Å²) in [4.78, 5) is 20.5. The van der Waals surface area contributed by atoms with Gasteiger partial charge in [0.25, 0.3) is 5.91 Å². The van der Waals surface area contributed by atoms with Crippen LogP contribution in [0.2, 0.25) is 0 Å². The number of benzene rings is 1. The van der Waals surface area contributed by atoms with Crippen LogP contribution in [0.5, 0.6) is 0 Å². The standard InChI is InChI=1S/C18H21FN2OS/c1-10-8-13(9-11(2)16(10)19)18(22)21(4)15-7-5-6-14-17(15)23-12(3)20-14/h8-9,15H,5-7H2,1-4H3/t15-/m0/s1. The molecule has 0 radical (unpaired) electrons. The third-order valence-corrected chi connectivity index (χ3v) is 5.61. The number of aromatic nitrogens is 1. The zero-order chi connectivity index (χ0) is 16.7. The van der Waals surface area contributed by atoms with Gasteiger partial charge in [0.1, 0.15) is 5.82 Å². The average molecular weight is 332 g/mol. The number of fused-ring (bicyclic) bond motifs is 1. The molecule has 0 N–H and O–H groups in total. The Morgan fingerprint density at radius 3 is 2.61 bits per heavy atom. The Bertz CT molecular complexity index is 745. The Kier molecular flexibility index (Phi) is 4.23. The number of hydrogen-bond donors (Lipinski definition) is 0. The first-order chi connectivity index (χ1) is 10.9. The first-order valence-corrected chi connectivity index (χ1v) is 8.70. The summed E-state index contributed by atoms with van der Waals surface area (Å²) in [5, 5.41) is 1.05. The van der Waals surface area contributed by atoms with Gasteiger partial charge in [0.15, 0.2) is 0 Å². The summed E-state index contributed by atoms with van der Waals surface area (Å²) in [6.45, 7) is 5.41. The second-order valence-corrected chi connectivity index (χ2v) is 7.53. The molecule has 0 bridgehead atoms. The van der Waals surface area contributed by atoms with E-state index in [0.717, 1.165) is 30.0 Å². The predicted molar refractivity (Wildman–Crippen MR) is 90.5 cm³/mol. The number of thiazole rings is 1. The van der Waals surface area contributed by atoms with E-state index in [4.69, 9.17) is 0 Å². The molecule has 1 aliphatic carbocycles. The summed E-state index contributed by atoms with van der Waals surface area (Å²) in [6.07, 6.45) is 2.99. The Labute approximate surface area is 140 Å². The number of rotatable bonds is 2. The van der Waals surface area contributed by atoms with Crippen molar-refractivity contribution >= 4 is 17.2 Å². The van der Waals surface area contributed by atoms with E-state index < -0.39 is 0 Å². The molecule has 1 atom stereocenters. The SMILES string of the molecule is Cc1nc2c(s1)[C@@H](N(C)C(=O)c1cc(C)c(F)c(C)c1)CCC2. The fraction of sp³-hybridized carbons (Fsp3) is 0.444. The molecular weight excluding hydrogens is 311 g/mol. The van der Waals surface area contributed by atoms with Crippen LogP contribution in [-0.4, -0.2) is 22.8 Å². The van der Waals surface area contributed by atoms with Crippen LogP contribution in [0.25, 0.3) is 0 Å². The lowest BCUT2D eigenvalue weighted by molar-refractivity contribution is 0.0717. The molecule has 3 nitrogen and oxygen atoms in total. The zero-order valence-electron chi connectivity index (χ0n) is 13.9. The smallest absolute Gasteiger partial charge is 0.254 e. The molecule has 1 heterocycles. The lowest BCUT2D eigenvalue weighted by atomic mass is 9.96. The van der Waals surface area contributed by atoms with Gasteiger partial charge in [0.2, 0.25) is 0 Å². The molecule has 2 aromatic rings. The van der Waals surface area contributed by atoms with Crippen molar-refractivity contribution in [1.29, 1.82) is 0 Å². The Hall–Kier alpha value is -1.75. The molecule has 0 unspecified atom stereocenters. The van der Waals surface area contributed by atoms with Crippen molar-refractivity contribution in [2.24, 2.45) is 0 Å². The predicted octanol–water partition coefficient (Wildman–Crippen LogP) is 4.36. The normalized spacial score (nSPS) is 17.0. The minimum absolute atomic E-state index is 0.0555. The van der Waals surface area contributed by atoms with Crippen LogP contribution in [0, 0.1) is 26.6 Å². The maximum absolute atomic E-state index is 13.8. The van der Waals surface area contributed by atoms with Crippen molar-refractivity contribution in [2.45, 2.75) is 46.1 Å². The van der Waals surface area contributed by atoms with Crippen molar-refractivity contribution in [3.8, 4) is 0 Å². The van der Waals surface area contributed by atoms with Crippen molar-refractivity contribution in [2.75, 3.05) is 7.05 Å². The van der Waals surface area contributed by atoms with Crippen molar-refractivity contribution in [3.05, 3.63) is 50.2 Å². The molecule has 122 valence electrons. The zero-order valence-corrected chi connectivity index (χ0v) is 14.8. The summed E-state index contributed by atoms with van der Waals surface area (Å²) in [6, 6.07) is 3.36. The minimum atomic E-state index is -0.234. The molecule has 0 spiro atoms. The molecule has 1 amide bonds. The maximum atomic E-state index is 13.8. The summed E-state index contributed by atoms with van der Waals surface area (Å²) in [5.74, 6) is -0.289. The van der Waals surface area contributed by atoms with Crippen LogP contribution in [0.15, 0.2) is 12.1 Å². The molecule has 1 aromatic heterocycles. The van der Waals surface area contributed by atoms with Gasteiger partial charge < -0.3 is 4.90 Å². The van der Waals surface area contributed by atoms with Crippen LogP contribution >= 0.6 is 11.3 Å². The highest BCUT2D eigenvalue weighted by atomic mass is 32.1. The van der Waals surface area contributed by atoms with Gasteiger partial charge in [-0.3, -0.25) is 4.79 Å². The van der Waals surface area contributed by atoms with Crippen molar-refractivity contribution in [1.82, 2.24) is 9.88 Å². The molecule has 0 saturated heterocycles. The monoisotopic (exact) mass is 332 g/mol. The molecule has 1 aromatic carbocycles. The molecule has 3 rings (SSSR count). The third-order valence-electron chi connectivity index (χ3n) is 4.50. The maximum Gasteiger partial charge on any atom is 0.254 e. The second kappa shape index (κ2) is 6.04. The molecule has 23 heavy (non-hydrogen) atoms. The van der Waals surface area contributed by atoms with Crippen LogP contribution in [0.1, 0.15) is 55.9 Å².